The Morgan fingerprint density at radius 2 is 1.19 bits per heavy atom. The van der Waals surface area contributed by atoms with Gasteiger partial charge in [0.15, 0.2) is 6.04 Å². The molecule has 0 aromatic rings. The van der Waals surface area contributed by atoms with Crippen molar-refractivity contribution in [1.29, 1.82) is 0 Å². The summed E-state index contributed by atoms with van der Waals surface area (Å²) in [6, 6.07) is -7.06. The predicted octanol–water partition coefficient (Wildman–Crippen LogP) is -4.94. The second kappa shape index (κ2) is 12.8. The smallest absolute Gasteiger partial charge is 0.328 e. The van der Waals surface area contributed by atoms with Crippen molar-refractivity contribution in [3.63, 3.8) is 0 Å². The Morgan fingerprint density at radius 3 is 1.59 bits per heavy atom. The zero-order valence-electron chi connectivity index (χ0n) is 16.8. The molecular formula is C16H25N5O11. The number of carboxylic acids is 3. The SMILES string of the molecule is CC(O)C(NC(=O)C(CC(N)=O)NC(=O)C(CC(=O)O)NC(=O)C(N)CC(=O)O)C(=O)O. The first-order chi connectivity index (χ1) is 14.6. The maximum absolute atomic E-state index is 12.5. The molecule has 0 saturated heterocycles. The lowest BCUT2D eigenvalue weighted by Gasteiger charge is -2.24. The number of rotatable bonds is 14. The molecular weight excluding hydrogens is 438 g/mol. The summed E-state index contributed by atoms with van der Waals surface area (Å²) in [5.41, 5.74) is 10.4. The highest BCUT2D eigenvalue weighted by Gasteiger charge is 2.33. The molecule has 0 saturated carbocycles. The number of hydrogen-bond donors (Lipinski definition) is 9. The Hall–Kier alpha value is -3.79. The first-order valence-electron chi connectivity index (χ1n) is 8.95. The van der Waals surface area contributed by atoms with Crippen molar-refractivity contribution >= 4 is 41.5 Å². The van der Waals surface area contributed by atoms with Gasteiger partial charge in [-0.1, -0.05) is 0 Å². The van der Waals surface area contributed by atoms with Crippen LogP contribution in [0, 0.1) is 0 Å². The van der Waals surface area contributed by atoms with E-state index < -0.39 is 91.1 Å². The van der Waals surface area contributed by atoms with Gasteiger partial charge in [-0.2, -0.15) is 0 Å². The van der Waals surface area contributed by atoms with Crippen LogP contribution in [0.2, 0.25) is 0 Å². The van der Waals surface area contributed by atoms with E-state index in [2.05, 4.69) is 0 Å². The second-order valence-corrected chi connectivity index (χ2v) is 6.66. The lowest BCUT2D eigenvalue weighted by molar-refractivity contribution is -0.145. The first-order valence-corrected chi connectivity index (χ1v) is 8.95. The third-order valence-corrected chi connectivity index (χ3v) is 3.83. The minimum atomic E-state index is -1.84. The Labute approximate surface area is 180 Å². The fourth-order valence-corrected chi connectivity index (χ4v) is 2.27. The van der Waals surface area contributed by atoms with Gasteiger partial charge >= 0.3 is 17.9 Å². The van der Waals surface area contributed by atoms with Crippen molar-refractivity contribution in [2.24, 2.45) is 11.5 Å². The molecule has 0 radical (unpaired) electrons. The number of carboxylic acid groups (broad SMARTS) is 3. The highest BCUT2D eigenvalue weighted by molar-refractivity contribution is 5.97. The Balaban J connectivity index is 5.56. The summed E-state index contributed by atoms with van der Waals surface area (Å²) in [7, 11) is 0. The Morgan fingerprint density at radius 1 is 0.750 bits per heavy atom. The molecule has 0 aliphatic heterocycles. The zero-order valence-corrected chi connectivity index (χ0v) is 16.8. The third-order valence-electron chi connectivity index (χ3n) is 3.83. The van der Waals surface area contributed by atoms with Gasteiger partial charge in [0.05, 0.1) is 31.4 Å². The number of carbonyl (C=O) groups excluding carboxylic acids is 4. The van der Waals surface area contributed by atoms with E-state index in [0.29, 0.717) is 0 Å². The Kier molecular flexibility index (Phi) is 11.3. The predicted molar refractivity (Wildman–Crippen MR) is 101 cm³/mol. The van der Waals surface area contributed by atoms with Crippen LogP contribution >= 0.6 is 0 Å². The molecule has 0 heterocycles. The number of aliphatic carboxylic acids is 3. The third kappa shape index (κ3) is 10.3. The average molecular weight is 463 g/mol. The van der Waals surface area contributed by atoms with Gasteiger partial charge in [0.25, 0.3) is 0 Å². The number of nitrogens with two attached hydrogens (primary N) is 2. The largest absolute Gasteiger partial charge is 0.481 e. The molecule has 0 aromatic heterocycles. The summed E-state index contributed by atoms with van der Waals surface area (Å²) in [4.78, 5) is 80.8. The molecule has 32 heavy (non-hydrogen) atoms. The number of aliphatic hydroxyl groups is 1. The van der Waals surface area contributed by atoms with Crippen LogP contribution in [0.4, 0.5) is 0 Å². The topological polar surface area (TPSA) is 289 Å². The standard InChI is InChI=1S/C16H25N5O11/c1-5(22)12(16(31)32)21-15(30)7(3-9(18)23)20-14(29)8(4-11(26)27)19-13(28)6(17)2-10(24)25/h5-8,12,22H,2-4,17H2,1H3,(H2,18,23)(H,19,28)(H,20,29)(H,21,30)(H,24,25)(H,26,27)(H,31,32). The molecule has 0 aliphatic carbocycles. The van der Waals surface area contributed by atoms with E-state index in [9.17, 15) is 38.7 Å². The summed E-state index contributed by atoms with van der Waals surface area (Å²) in [5, 5.41) is 41.8. The number of primary amides is 1. The normalized spacial score (nSPS) is 15.2. The maximum atomic E-state index is 12.5. The molecule has 16 heteroatoms. The van der Waals surface area contributed by atoms with Crippen LogP contribution in [0.3, 0.4) is 0 Å². The van der Waals surface area contributed by atoms with Gasteiger partial charge in [0, 0.05) is 0 Å². The molecule has 5 atom stereocenters. The van der Waals surface area contributed by atoms with Gasteiger partial charge in [0.2, 0.25) is 23.6 Å². The zero-order chi connectivity index (χ0) is 25.2. The minimum Gasteiger partial charge on any atom is -0.481 e. The average Bonchev–Trinajstić information content (AvgIpc) is 2.62. The highest BCUT2D eigenvalue weighted by Crippen LogP contribution is 2.02. The van der Waals surface area contributed by atoms with E-state index in [1.54, 1.807) is 0 Å². The van der Waals surface area contributed by atoms with Crippen LogP contribution in [-0.4, -0.2) is 92.2 Å². The van der Waals surface area contributed by atoms with Crippen molar-refractivity contribution in [2.45, 2.75) is 56.5 Å². The van der Waals surface area contributed by atoms with Gasteiger partial charge in [-0.15, -0.1) is 0 Å². The lowest BCUT2D eigenvalue weighted by atomic mass is 10.1. The Bertz CT molecular complexity index is 769. The van der Waals surface area contributed by atoms with Crippen LogP contribution < -0.4 is 27.4 Å². The molecule has 0 fully saturated rings. The van der Waals surface area contributed by atoms with Gasteiger partial charge in [0.1, 0.15) is 12.1 Å². The molecule has 4 amide bonds. The van der Waals surface area contributed by atoms with Crippen molar-refractivity contribution in [3.05, 3.63) is 0 Å². The molecule has 11 N–H and O–H groups in total. The number of aliphatic hydroxyl groups excluding tert-OH is 1. The summed E-state index contributed by atoms with van der Waals surface area (Å²) < 4.78 is 0. The van der Waals surface area contributed by atoms with Gasteiger partial charge in [-0.25, -0.2) is 4.79 Å². The molecule has 5 unspecified atom stereocenters. The molecule has 0 bridgehead atoms. The quantitative estimate of drug-likeness (QED) is 0.117. The van der Waals surface area contributed by atoms with E-state index in [0.717, 1.165) is 6.92 Å². The molecule has 0 aromatic carbocycles. The molecule has 16 nitrogen and oxygen atoms in total. The fourth-order valence-electron chi connectivity index (χ4n) is 2.27. The van der Waals surface area contributed by atoms with E-state index in [-0.39, 0.29) is 0 Å². The molecule has 0 spiro atoms. The molecule has 0 aliphatic rings. The van der Waals surface area contributed by atoms with Crippen molar-refractivity contribution in [2.75, 3.05) is 0 Å². The van der Waals surface area contributed by atoms with Gasteiger partial charge in [-0.05, 0) is 6.92 Å². The summed E-state index contributed by atoms with van der Waals surface area (Å²) in [6.07, 6.45) is -4.23. The number of nitrogens with one attached hydrogen (secondary N) is 3. The van der Waals surface area contributed by atoms with Crippen LogP contribution in [0.25, 0.3) is 0 Å². The van der Waals surface area contributed by atoms with Crippen molar-refractivity contribution < 1.29 is 54.0 Å². The van der Waals surface area contributed by atoms with E-state index in [1.165, 1.54) is 0 Å². The summed E-state index contributed by atoms with van der Waals surface area (Å²) in [6.45, 7) is 1.06. The molecule has 180 valence electrons. The van der Waals surface area contributed by atoms with Crippen LogP contribution in [-0.2, 0) is 33.6 Å². The van der Waals surface area contributed by atoms with Crippen molar-refractivity contribution in [3.8, 4) is 0 Å². The number of hydrogen-bond acceptors (Lipinski definition) is 9. The monoisotopic (exact) mass is 463 g/mol. The van der Waals surface area contributed by atoms with E-state index in [1.807, 2.05) is 16.0 Å². The van der Waals surface area contributed by atoms with Gasteiger partial charge < -0.3 is 47.8 Å². The number of carbonyl (C=O) groups is 7. The fraction of sp³-hybridized carbons (Fsp3) is 0.562. The summed E-state index contributed by atoms with van der Waals surface area (Å²) >= 11 is 0. The minimum absolute atomic E-state index is 0.824. The highest BCUT2D eigenvalue weighted by atomic mass is 16.4. The molecule has 0 rings (SSSR count). The lowest BCUT2D eigenvalue weighted by Crippen LogP contribution is -2.59. The number of amides is 4. The maximum Gasteiger partial charge on any atom is 0.328 e. The van der Waals surface area contributed by atoms with Crippen molar-refractivity contribution in [1.82, 2.24) is 16.0 Å². The van der Waals surface area contributed by atoms with Crippen LogP contribution in [0.5, 0.6) is 0 Å². The van der Waals surface area contributed by atoms with E-state index >= 15 is 0 Å². The van der Waals surface area contributed by atoms with Gasteiger partial charge in [-0.3, -0.25) is 28.8 Å². The van der Waals surface area contributed by atoms with E-state index in [4.69, 9.17) is 26.8 Å². The second-order valence-electron chi connectivity index (χ2n) is 6.66. The summed E-state index contributed by atoms with van der Waals surface area (Å²) in [5.74, 6) is -9.42. The van der Waals surface area contributed by atoms with Crippen LogP contribution in [0.15, 0.2) is 0 Å². The first kappa shape index (κ1) is 28.2. The van der Waals surface area contributed by atoms with Crippen LogP contribution in [0.1, 0.15) is 26.2 Å².